The lowest BCUT2D eigenvalue weighted by molar-refractivity contribution is -0.139. The van der Waals surface area contributed by atoms with Crippen molar-refractivity contribution in [2.75, 3.05) is 23.7 Å². The molecule has 0 radical (unpaired) electrons. The molecule has 0 heterocycles. The molecule has 11 heteroatoms. The number of nitrogens with zero attached hydrogens (tertiary/aromatic N) is 2. The van der Waals surface area contributed by atoms with Gasteiger partial charge in [-0.2, -0.15) is 0 Å². The van der Waals surface area contributed by atoms with Gasteiger partial charge in [0.05, 0.1) is 17.0 Å². The van der Waals surface area contributed by atoms with Gasteiger partial charge in [0, 0.05) is 18.7 Å². The first-order valence-electron chi connectivity index (χ1n) is 10.2. The zero-order valence-electron chi connectivity index (χ0n) is 18.5. The van der Waals surface area contributed by atoms with Crippen molar-refractivity contribution in [3.63, 3.8) is 0 Å². The molecular weight excluding hydrogens is 476 g/mol. The van der Waals surface area contributed by atoms with Crippen LogP contribution in [-0.4, -0.2) is 50.5 Å². The Morgan fingerprint density at radius 2 is 1.79 bits per heavy atom. The molecule has 2 amide bonds. The summed E-state index contributed by atoms with van der Waals surface area (Å²) in [4.78, 5) is 26.9. The SMILES string of the molecule is CCCNC(=O)C(C)N(Cc1ccccc1F)C(=O)CN(c1ccc(F)c(Cl)c1)S(C)(=O)=O. The highest BCUT2D eigenvalue weighted by Gasteiger charge is 2.30. The quantitative estimate of drug-likeness (QED) is 0.541. The summed E-state index contributed by atoms with van der Waals surface area (Å²) in [5.74, 6) is -2.52. The molecule has 0 spiro atoms. The van der Waals surface area contributed by atoms with Gasteiger partial charge in [-0.25, -0.2) is 17.2 Å². The molecule has 0 saturated heterocycles. The van der Waals surface area contributed by atoms with Crippen molar-refractivity contribution >= 4 is 39.1 Å². The van der Waals surface area contributed by atoms with Crippen molar-refractivity contribution in [3.05, 3.63) is 64.7 Å². The average Bonchev–Trinajstić information content (AvgIpc) is 2.75. The Bertz CT molecular complexity index is 1110. The summed E-state index contributed by atoms with van der Waals surface area (Å²) in [7, 11) is -3.99. The summed E-state index contributed by atoms with van der Waals surface area (Å²) in [6.07, 6.45) is 1.56. The van der Waals surface area contributed by atoms with Gasteiger partial charge in [0.15, 0.2) is 0 Å². The lowest BCUT2D eigenvalue weighted by Gasteiger charge is -2.31. The first-order chi connectivity index (χ1) is 15.5. The summed E-state index contributed by atoms with van der Waals surface area (Å²) in [5, 5.41) is 2.36. The molecule has 1 N–H and O–H groups in total. The van der Waals surface area contributed by atoms with E-state index in [2.05, 4.69) is 5.32 Å². The van der Waals surface area contributed by atoms with Crippen LogP contribution < -0.4 is 9.62 Å². The molecule has 0 fully saturated rings. The zero-order chi connectivity index (χ0) is 24.8. The summed E-state index contributed by atoms with van der Waals surface area (Å²) in [5.41, 5.74) is 0.142. The van der Waals surface area contributed by atoms with Gasteiger partial charge in [0.1, 0.15) is 24.2 Å². The number of anilines is 1. The van der Waals surface area contributed by atoms with Gasteiger partial charge in [-0.1, -0.05) is 36.7 Å². The monoisotopic (exact) mass is 501 g/mol. The maximum atomic E-state index is 14.3. The minimum atomic E-state index is -3.99. The lowest BCUT2D eigenvalue weighted by Crippen LogP contribution is -2.51. The van der Waals surface area contributed by atoms with Gasteiger partial charge in [0.2, 0.25) is 21.8 Å². The number of nitrogens with one attached hydrogen (secondary N) is 1. The number of carbonyl (C=O) groups is 2. The minimum Gasteiger partial charge on any atom is -0.354 e. The van der Waals surface area contributed by atoms with Gasteiger partial charge >= 0.3 is 0 Å². The molecule has 33 heavy (non-hydrogen) atoms. The third kappa shape index (κ3) is 7.13. The number of halogens is 3. The molecule has 1 atom stereocenters. The van der Waals surface area contributed by atoms with Crippen LogP contribution in [0.2, 0.25) is 5.02 Å². The van der Waals surface area contributed by atoms with Crippen molar-refractivity contribution < 1.29 is 26.8 Å². The van der Waals surface area contributed by atoms with Gasteiger partial charge in [-0.15, -0.1) is 0 Å². The maximum Gasteiger partial charge on any atom is 0.244 e. The van der Waals surface area contributed by atoms with Gasteiger partial charge < -0.3 is 10.2 Å². The largest absolute Gasteiger partial charge is 0.354 e. The fourth-order valence-electron chi connectivity index (χ4n) is 3.04. The highest BCUT2D eigenvalue weighted by atomic mass is 35.5. The van der Waals surface area contributed by atoms with E-state index < -0.39 is 46.1 Å². The highest BCUT2D eigenvalue weighted by molar-refractivity contribution is 7.92. The smallest absolute Gasteiger partial charge is 0.244 e. The number of hydrogen-bond donors (Lipinski definition) is 1. The standard InChI is InChI=1S/C22H26ClF2N3O4S/c1-4-11-26-22(30)15(2)27(13-16-7-5-6-8-19(16)24)21(29)14-28(33(3,31)32)17-9-10-20(25)18(23)12-17/h5-10,12,15H,4,11,13-14H2,1-3H3,(H,26,30). The second-order valence-corrected chi connectivity index (χ2v) is 9.76. The van der Waals surface area contributed by atoms with E-state index in [0.717, 1.165) is 27.6 Å². The van der Waals surface area contributed by atoms with Crippen LogP contribution in [0.1, 0.15) is 25.8 Å². The first kappa shape index (κ1) is 26.5. The van der Waals surface area contributed by atoms with E-state index >= 15 is 0 Å². The van der Waals surface area contributed by atoms with E-state index in [9.17, 15) is 26.8 Å². The Kier molecular flexibility index (Phi) is 9.18. The van der Waals surface area contributed by atoms with Crippen LogP contribution in [0.15, 0.2) is 42.5 Å². The number of benzene rings is 2. The summed E-state index contributed by atoms with van der Waals surface area (Å²) < 4.78 is 53.5. The van der Waals surface area contributed by atoms with Gasteiger partial charge in [-0.3, -0.25) is 13.9 Å². The second kappa shape index (κ2) is 11.4. The van der Waals surface area contributed by atoms with Crippen molar-refractivity contribution in [1.82, 2.24) is 10.2 Å². The predicted octanol–water partition coefficient (Wildman–Crippen LogP) is 3.33. The fraction of sp³-hybridized carbons (Fsp3) is 0.364. The number of carbonyl (C=O) groups excluding carboxylic acids is 2. The van der Waals surface area contributed by atoms with E-state index in [0.29, 0.717) is 13.0 Å². The molecule has 2 aromatic carbocycles. The van der Waals surface area contributed by atoms with Crippen LogP contribution >= 0.6 is 11.6 Å². The number of sulfonamides is 1. The highest BCUT2D eigenvalue weighted by Crippen LogP contribution is 2.25. The third-order valence-corrected chi connectivity index (χ3v) is 6.32. The second-order valence-electron chi connectivity index (χ2n) is 7.45. The molecule has 1 unspecified atom stereocenters. The molecule has 0 aliphatic rings. The van der Waals surface area contributed by atoms with E-state index in [-0.39, 0.29) is 22.8 Å². The Morgan fingerprint density at radius 3 is 2.36 bits per heavy atom. The van der Waals surface area contributed by atoms with Crippen molar-refractivity contribution in [1.29, 1.82) is 0 Å². The van der Waals surface area contributed by atoms with Gasteiger partial charge in [-0.05, 0) is 37.6 Å². The van der Waals surface area contributed by atoms with Crippen LogP contribution in [0.4, 0.5) is 14.5 Å². The molecule has 2 aromatic rings. The van der Waals surface area contributed by atoms with Crippen molar-refractivity contribution in [3.8, 4) is 0 Å². The van der Waals surface area contributed by atoms with E-state index in [1.54, 1.807) is 6.07 Å². The topological polar surface area (TPSA) is 86.8 Å². The third-order valence-electron chi connectivity index (χ3n) is 4.89. The van der Waals surface area contributed by atoms with Gasteiger partial charge in [0.25, 0.3) is 0 Å². The number of amides is 2. The lowest BCUT2D eigenvalue weighted by atomic mass is 10.1. The van der Waals surface area contributed by atoms with Crippen LogP contribution in [0, 0.1) is 11.6 Å². The zero-order valence-corrected chi connectivity index (χ0v) is 20.1. The van der Waals surface area contributed by atoms with Crippen LogP contribution in [0.25, 0.3) is 0 Å². The summed E-state index contributed by atoms with van der Waals surface area (Å²) in [6.45, 7) is 2.78. The average molecular weight is 502 g/mol. The molecule has 2 rings (SSSR count). The first-order valence-corrected chi connectivity index (χ1v) is 12.4. The number of hydrogen-bond acceptors (Lipinski definition) is 4. The Morgan fingerprint density at radius 1 is 1.12 bits per heavy atom. The van der Waals surface area contributed by atoms with Crippen molar-refractivity contribution in [2.45, 2.75) is 32.9 Å². The minimum absolute atomic E-state index is 0.0221. The van der Waals surface area contributed by atoms with E-state index in [4.69, 9.17) is 11.6 Å². The molecule has 0 aromatic heterocycles. The normalized spacial score (nSPS) is 12.2. The predicted molar refractivity (Wildman–Crippen MR) is 123 cm³/mol. The molecule has 0 aliphatic carbocycles. The molecule has 0 bridgehead atoms. The molecular formula is C22H26ClF2N3O4S. The summed E-state index contributed by atoms with van der Waals surface area (Å²) >= 11 is 5.79. The van der Waals surface area contributed by atoms with E-state index in [1.165, 1.54) is 31.2 Å². The van der Waals surface area contributed by atoms with Crippen molar-refractivity contribution in [2.24, 2.45) is 0 Å². The van der Waals surface area contributed by atoms with E-state index in [1.807, 2.05) is 6.92 Å². The molecule has 0 saturated carbocycles. The van der Waals surface area contributed by atoms with Crippen LogP contribution in [-0.2, 0) is 26.2 Å². The maximum absolute atomic E-state index is 14.3. The Hall–Kier alpha value is -2.72. The fourth-order valence-corrected chi connectivity index (χ4v) is 4.06. The molecule has 7 nitrogen and oxygen atoms in total. The number of rotatable bonds is 10. The van der Waals surface area contributed by atoms with Crippen LogP contribution in [0.3, 0.4) is 0 Å². The summed E-state index contributed by atoms with van der Waals surface area (Å²) in [6, 6.07) is 8.01. The Labute approximate surface area is 197 Å². The Balaban J connectivity index is 2.40. The molecule has 180 valence electrons. The molecule has 0 aliphatic heterocycles. The van der Waals surface area contributed by atoms with Crippen LogP contribution in [0.5, 0.6) is 0 Å².